The molecule has 1 unspecified atom stereocenters. The van der Waals surface area contributed by atoms with Gasteiger partial charge in [-0.15, -0.1) is 0 Å². The van der Waals surface area contributed by atoms with Crippen LogP contribution in [0.4, 0.5) is 0 Å². The lowest BCUT2D eigenvalue weighted by molar-refractivity contribution is -0.145. The van der Waals surface area contributed by atoms with Gasteiger partial charge in [-0.3, -0.25) is 0 Å². The van der Waals surface area contributed by atoms with Crippen molar-refractivity contribution >= 4 is 5.97 Å². The van der Waals surface area contributed by atoms with E-state index < -0.39 is 5.97 Å². The molecule has 4 nitrogen and oxygen atoms in total. The Hall–Kier alpha value is -0.610. The first kappa shape index (κ1) is 16.4. The lowest BCUT2D eigenvalue weighted by Crippen LogP contribution is -2.40. The van der Waals surface area contributed by atoms with Gasteiger partial charge in [0.2, 0.25) is 0 Å². The molecule has 4 heteroatoms. The Morgan fingerprint density at radius 1 is 1.37 bits per heavy atom. The fourth-order valence-electron chi connectivity index (χ4n) is 2.73. The van der Waals surface area contributed by atoms with Crippen LogP contribution in [0.25, 0.3) is 0 Å². The van der Waals surface area contributed by atoms with E-state index in [-0.39, 0.29) is 12.7 Å². The van der Waals surface area contributed by atoms with E-state index in [0.717, 1.165) is 31.8 Å². The molecule has 0 spiro atoms. The van der Waals surface area contributed by atoms with E-state index in [1.807, 2.05) is 0 Å². The largest absolute Gasteiger partial charge is 0.480 e. The first-order valence-electron chi connectivity index (χ1n) is 7.71. The number of likely N-dealkylation sites (tertiary alicyclic amines) is 1. The van der Waals surface area contributed by atoms with Gasteiger partial charge < -0.3 is 14.7 Å². The predicted octanol–water partition coefficient (Wildman–Crippen LogP) is 2.77. The molecule has 112 valence electrons. The topological polar surface area (TPSA) is 49.8 Å². The molecule has 0 aromatic carbocycles. The second-order valence-electron chi connectivity index (χ2n) is 5.62. The normalized spacial score (nSPS) is 19.5. The van der Waals surface area contributed by atoms with Crippen LogP contribution in [0, 0.1) is 5.92 Å². The van der Waals surface area contributed by atoms with Gasteiger partial charge in [-0.2, -0.15) is 0 Å². The minimum atomic E-state index is -0.868. The Balaban J connectivity index is 2.19. The Kier molecular flexibility index (Phi) is 8.07. The van der Waals surface area contributed by atoms with Crippen LogP contribution < -0.4 is 0 Å². The zero-order chi connectivity index (χ0) is 14.1. The third kappa shape index (κ3) is 6.92. The van der Waals surface area contributed by atoms with E-state index in [1.165, 1.54) is 32.2 Å². The van der Waals surface area contributed by atoms with E-state index in [4.69, 9.17) is 9.84 Å². The maximum atomic E-state index is 10.5. The van der Waals surface area contributed by atoms with E-state index >= 15 is 0 Å². The van der Waals surface area contributed by atoms with Crippen molar-refractivity contribution in [3.05, 3.63) is 0 Å². The average molecular weight is 271 g/mol. The van der Waals surface area contributed by atoms with Gasteiger partial charge >= 0.3 is 5.97 Å². The number of carbonyl (C=O) groups is 1. The van der Waals surface area contributed by atoms with Crippen LogP contribution in [0.1, 0.15) is 52.4 Å². The van der Waals surface area contributed by atoms with Crippen LogP contribution in [0.15, 0.2) is 0 Å². The van der Waals surface area contributed by atoms with Crippen molar-refractivity contribution in [1.82, 2.24) is 4.90 Å². The number of rotatable bonds is 9. The van der Waals surface area contributed by atoms with Gasteiger partial charge in [0.25, 0.3) is 0 Å². The Morgan fingerprint density at radius 3 is 2.58 bits per heavy atom. The minimum Gasteiger partial charge on any atom is -0.480 e. The van der Waals surface area contributed by atoms with Crippen LogP contribution in [-0.4, -0.2) is 48.3 Å². The van der Waals surface area contributed by atoms with E-state index in [0.29, 0.717) is 0 Å². The van der Waals surface area contributed by atoms with Crippen LogP contribution in [0.3, 0.4) is 0 Å². The molecule has 0 amide bonds. The maximum absolute atomic E-state index is 10.5. The smallest absolute Gasteiger partial charge is 0.329 e. The summed E-state index contributed by atoms with van der Waals surface area (Å²) in [7, 11) is 0. The number of aliphatic carboxylic acids is 1. The van der Waals surface area contributed by atoms with E-state index in [9.17, 15) is 4.79 Å². The summed E-state index contributed by atoms with van der Waals surface area (Å²) in [5.41, 5.74) is 0. The molecule has 0 bridgehead atoms. The van der Waals surface area contributed by atoms with Gasteiger partial charge in [0.1, 0.15) is 6.61 Å². The molecule has 0 saturated carbocycles. The van der Waals surface area contributed by atoms with Gasteiger partial charge in [-0.1, -0.05) is 33.1 Å². The van der Waals surface area contributed by atoms with Crippen molar-refractivity contribution in [3.8, 4) is 0 Å². The summed E-state index contributed by atoms with van der Waals surface area (Å²) in [4.78, 5) is 13.0. The van der Waals surface area contributed by atoms with Crippen molar-refractivity contribution in [2.75, 3.05) is 26.2 Å². The van der Waals surface area contributed by atoms with Crippen molar-refractivity contribution in [3.63, 3.8) is 0 Å². The summed E-state index contributed by atoms with van der Waals surface area (Å²) >= 11 is 0. The van der Waals surface area contributed by atoms with Gasteiger partial charge in [0.15, 0.2) is 0 Å². The molecule has 1 heterocycles. The van der Waals surface area contributed by atoms with Crippen LogP contribution in [-0.2, 0) is 9.53 Å². The number of hydrogen-bond acceptors (Lipinski definition) is 3. The molecule has 1 saturated heterocycles. The predicted molar refractivity (Wildman–Crippen MR) is 76.4 cm³/mol. The quantitative estimate of drug-likeness (QED) is 0.700. The molecule has 19 heavy (non-hydrogen) atoms. The van der Waals surface area contributed by atoms with E-state index in [1.54, 1.807) is 0 Å². The minimum absolute atomic E-state index is 0.142. The third-order valence-corrected chi connectivity index (χ3v) is 4.04. The molecule has 0 aliphatic carbocycles. The van der Waals surface area contributed by atoms with Gasteiger partial charge in [-0.05, 0) is 25.2 Å². The van der Waals surface area contributed by atoms with Crippen molar-refractivity contribution < 1.29 is 14.6 Å². The second kappa shape index (κ2) is 9.32. The Labute approximate surface area is 117 Å². The average Bonchev–Trinajstić information content (AvgIpc) is 2.42. The molecule has 0 aromatic rings. The summed E-state index contributed by atoms with van der Waals surface area (Å²) in [5, 5.41) is 8.59. The lowest BCUT2D eigenvalue weighted by Gasteiger charge is -2.33. The summed E-state index contributed by atoms with van der Waals surface area (Å²) < 4.78 is 5.36. The number of nitrogens with zero attached hydrogens (tertiary/aromatic N) is 1. The molecule has 1 fully saturated rings. The number of unbranched alkanes of at least 4 members (excludes halogenated alkanes) is 1. The number of piperidine rings is 1. The summed E-state index contributed by atoms with van der Waals surface area (Å²) in [6.45, 7) is 7.67. The molecule has 1 aliphatic heterocycles. The maximum Gasteiger partial charge on any atom is 0.329 e. The standard InChI is InChI=1S/C15H29NO3/c1-3-5-6-13(4-2)11-16-9-7-14(8-10-16)19-12-15(17)18/h13-14H,3-12H2,1-2H3,(H,17,18). The van der Waals surface area contributed by atoms with Crippen LogP contribution in [0.5, 0.6) is 0 Å². The first-order chi connectivity index (χ1) is 9.15. The highest BCUT2D eigenvalue weighted by atomic mass is 16.5. The number of hydrogen-bond donors (Lipinski definition) is 1. The molecule has 1 N–H and O–H groups in total. The first-order valence-corrected chi connectivity index (χ1v) is 7.71. The van der Waals surface area contributed by atoms with Gasteiger partial charge in [0.05, 0.1) is 6.10 Å². The zero-order valence-corrected chi connectivity index (χ0v) is 12.4. The second-order valence-corrected chi connectivity index (χ2v) is 5.62. The summed E-state index contributed by atoms with van der Waals surface area (Å²) in [6.07, 6.45) is 7.29. The number of carboxylic acid groups (broad SMARTS) is 1. The molecule has 0 aromatic heterocycles. The zero-order valence-electron chi connectivity index (χ0n) is 12.4. The summed E-state index contributed by atoms with van der Waals surface area (Å²) in [6, 6.07) is 0. The fraction of sp³-hybridized carbons (Fsp3) is 0.933. The van der Waals surface area contributed by atoms with E-state index in [2.05, 4.69) is 18.7 Å². The molecule has 0 radical (unpaired) electrons. The number of ether oxygens (including phenoxy) is 1. The van der Waals surface area contributed by atoms with Gasteiger partial charge in [-0.25, -0.2) is 4.79 Å². The Morgan fingerprint density at radius 2 is 2.05 bits per heavy atom. The monoisotopic (exact) mass is 271 g/mol. The van der Waals surface area contributed by atoms with Crippen LogP contribution in [0.2, 0.25) is 0 Å². The molecule has 1 atom stereocenters. The number of carboxylic acids is 1. The highest BCUT2D eigenvalue weighted by molar-refractivity contribution is 5.68. The molecule has 1 rings (SSSR count). The lowest BCUT2D eigenvalue weighted by atomic mass is 9.97. The molecular weight excluding hydrogens is 242 g/mol. The van der Waals surface area contributed by atoms with Crippen molar-refractivity contribution in [2.45, 2.75) is 58.5 Å². The van der Waals surface area contributed by atoms with Crippen molar-refractivity contribution in [2.24, 2.45) is 5.92 Å². The van der Waals surface area contributed by atoms with Gasteiger partial charge in [0, 0.05) is 19.6 Å². The molecular formula is C15H29NO3. The summed E-state index contributed by atoms with van der Waals surface area (Å²) in [5.74, 6) is -0.0514. The molecule has 1 aliphatic rings. The highest BCUT2D eigenvalue weighted by Gasteiger charge is 2.21. The Bertz CT molecular complexity index is 250. The van der Waals surface area contributed by atoms with Crippen LogP contribution >= 0.6 is 0 Å². The van der Waals surface area contributed by atoms with Crippen molar-refractivity contribution in [1.29, 1.82) is 0 Å². The highest BCUT2D eigenvalue weighted by Crippen LogP contribution is 2.19. The SMILES string of the molecule is CCCCC(CC)CN1CCC(OCC(=O)O)CC1. The third-order valence-electron chi connectivity index (χ3n) is 4.04. The fourth-order valence-corrected chi connectivity index (χ4v) is 2.73.